The zero-order valence-corrected chi connectivity index (χ0v) is 12.5. The molecule has 0 unspecified atom stereocenters. The summed E-state index contributed by atoms with van der Waals surface area (Å²) < 4.78 is 1.15. The van der Waals surface area contributed by atoms with Gasteiger partial charge in [-0.3, -0.25) is 4.98 Å². The molecule has 0 aliphatic heterocycles. The van der Waals surface area contributed by atoms with Crippen molar-refractivity contribution in [1.82, 2.24) is 4.98 Å². The molecule has 0 spiro atoms. The fourth-order valence-electron chi connectivity index (χ4n) is 2.61. The number of aromatic nitrogens is 1. The molecule has 1 heterocycles. The predicted octanol–water partition coefficient (Wildman–Crippen LogP) is 4.51. The lowest BCUT2D eigenvalue weighted by molar-refractivity contribution is 0.374. The van der Waals surface area contributed by atoms with E-state index in [-0.39, 0.29) is 0 Å². The summed E-state index contributed by atoms with van der Waals surface area (Å²) in [5.41, 5.74) is 3.79. The number of halogens is 1. The highest BCUT2D eigenvalue weighted by Gasteiger charge is 2.30. The van der Waals surface area contributed by atoms with Crippen LogP contribution in [0.5, 0.6) is 0 Å². The molecule has 19 heavy (non-hydrogen) atoms. The van der Waals surface area contributed by atoms with E-state index < -0.39 is 0 Å². The molecular formula is C16H17BrN2. The van der Waals surface area contributed by atoms with Crippen LogP contribution in [0.25, 0.3) is 0 Å². The van der Waals surface area contributed by atoms with Crippen molar-refractivity contribution in [3.05, 3.63) is 58.3 Å². The number of rotatable bonds is 3. The van der Waals surface area contributed by atoms with Crippen LogP contribution in [0.3, 0.4) is 0 Å². The van der Waals surface area contributed by atoms with Gasteiger partial charge in [0.2, 0.25) is 0 Å². The first-order chi connectivity index (χ1) is 9.20. The summed E-state index contributed by atoms with van der Waals surface area (Å²) in [5.74, 6) is 0.698. The molecule has 1 saturated carbocycles. The maximum absolute atomic E-state index is 4.21. The largest absolute Gasteiger partial charge is 0.381 e. The van der Waals surface area contributed by atoms with Gasteiger partial charge in [-0.15, -0.1) is 0 Å². The summed E-state index contributed by atoms with van der Waals surface area (Å²) in [5, 5.41) is 3.56. The summed E-state index contributed by atoms with van der Waals surface area (Å²) in [6, 6.07) is 11.4. The zero-order valence-electron chi connectivity index (χ0n) is 10.9. The molecule has 0 bridgehead atoms. The van der Waals surface area contributed by atoms with Crippen LogP contribution in [-0.2, 0) is 0 Å². The van der Waals surface area contributed by atoms with Gasteiger partial charge in [-0.2, -0.15) is 0 Å². The molecule has 1 aromatic heterocycles. The van der Waals surface area contributed by atoms with E-state index in [1.807, 2.05) is 12.4 Å². The Kier molecular flexibility index (Phi) is 3.56. The molecule has 1 aromatic carbocycles. The number of hydrogen-bond donors (Lipinski definition) is 1. The summed E-state index contributed by atoms with van der Waals surface area (Å²) >= 11 is 3.48. The Bertz CT molecular complexity index is 559. The Morgan fingerprint density at radius 2 is 1.89 bits per heavy atom. The predicted molar refractivity (Wildman–Crippen MR) is 82.5 cm³/mol. The number of benzene rings is 1. The van der Waals surface area contributed by atoms with Gasteiger partial charge in [0, 0.05) is 22.9 Å². The maximum Gasteiger partial charge on any atom is 0.0531 e. The highest BCUT2D eigenvalue weighted by Crippen LogP contribution is 2.38. The number of pyridine rings is 1. The first-order valence-electron chi connectivity index (χ1n) is 6.64. The Morgan fingerprint density at radius 1 is 1.16 bits per heavy atom. The van der Waals surface area contributed by atoms with E-state index in [0.717, 1.165) is 10.2 Å². The minimum Gasteiger partial charge on any atom is -0.381 e. The van der Waals surface area contributed by atoms with Gasteiger partial charge in [-0.05, 0) is 55.0 Å². The van der Waals surface area contributed by atoms with Gasteiger partial charge in [0.15, 0.2) is 0 Å². The minimum absolute atomic E-state index is 0.581. The number of nitrogens with one attached hydrogen (secondary N) is 1. The molecule has 0 saturated heterocycles. The second kappa shape index (κ2) is 5.33. The first-order valence-corrected chi connectivity index (χ1v) is 7.43. The van der Waals surface area contributed by atoms with E-state index in [9.17, 15) is 0 Å². The average Bonchev–Trinajstić information content (AvgIpc) is 2.35. The first kappa shape index (κ1) is 12.7. The van der Waals surface area contributed by atoms with Crippen LogP contribution >= 0.6 is 15.9 Å². The second-order valence-corrected chi connectivity index (χ2v) is 6.23. The lowest BCUT2D eigenvalue weighted by Crippen LogP contribution is -2.34. The molecule has 98 valence electrons. The van der Waals surface area contributed by atoms with Gasteiger partial charge in [-0.25, -0.2) is 0 Å². The number of anilines is 1. The SMILES string of the molecule is Cc1cncc(NC2CC(c3ccc(Br)cc3)C2)c1. The monoisotopic (exact) mass is 316 g/mol. The third-order valence-corrected chi connectivity index (χ3v) is 4.25. The van der Waals surface area contributed by atoms with Crippen LogP contribution in [0, 0.1) is 6.92 Å². The summed E-state index contributed by atoms with van der Waals surface area (Å²) in [4.78, 5) is 4.21. The quantitative estimate of drug-likeness (QED) is 0.901. The third kappa shape index (κ3) is 2.98. The van der Waals surface area contributed by atoms with E-state index in [2.05, 4.69) is 63.5 Å². The third-order valence-electron chi connectivity index (χ3n) is 3.73. The summed E-state index contributed by atoms with van der Waals surface area (Å²) in [6.07, 6.45) is 6.20. The van der Waals surface area contributed by atoms with Crippen LogP contribution in [0.4, 0.5) is 5.69 Å². The van der Waals surface area contributed by atoms with E-state index in [0.29, 0.717) is 12.0 Å². The van der Waals surface area contributed by atoms with Gasteiger partial charge < -0.3 is 5.32 Å². The van der Waals surface area contributed by atoms with Crippen LogP contribution in [0.2, 0.25) is 0 Å². The molecular weight excluding hydrogens is 300 g/mol. The van der Waals surface area contributed by atoms with Crippen molar-refractivity contribution in [1.29, 1.82) is 0 Å². The fraction of sp³-hybridized carbons (Fsp3) is 0.312. The van der Waals surface area contributed by atoms with Crippen molar-refractivity contribution >= 4 is 21.6 Å². The van der Waals surface area contributed by atoms with E-state index >= 15 is 0 Å². The Hall–Kier alpha value is -1.35. The van der Waals surface area contributed by atoms with Crippen molar-refractivity contribution in [2.45, 2.75) is 31.7 Å². The van der Waals surface area contributed by atoms with Crippen molar-refractivity contribution in [3.8, 4) is 0 Å². The van der Waals surface area contributed by atoms with Gasteiger partial charge in [0.1, 0.15) is 0 Å². The van der Waals surface area contributed by atoms with Crippen LogP contribution < -0.4 is 5.32 Å². The lowest BCUT2D eigenvalue weighted by atomic mass is 9.76. The number of nitrogens with zero attached hydrogens (tertiary/aromatic N) is 1. The maximum atomic E-state index is 4.21. The van der Waals surface area contributed by atoms with Crippen LogP contribution in [0.15, 0.2) is 47.2 Å². The van der Waals surface area contributed by atoms with Crippen LogP contribution in [0.1, 0.15) is 29.9 Å². The van der Waals surface area contributed by atoms with Crippen LogP contribution in [-0.4, -0.2) is 11.0 Å². The van der Waals surface area contributed by atoms with Crippen molar-refractivity contribution in [3.63, 3.8) is 0 Å². The van der Waals surface area contributed by atoms with Gasteiger partial charge in [-0.1, -0.05) is 28.1 Å². The molecule has 1 aliphatic carbocycles. The molecule has 1 fully saturated rings. The molecule has 2 aromatic rings. The van der Waals surface area contributed by atoms with Crippen molar-refractivity contribution in [2.75, 3.05) is 5.32 Å². The van der Waals surface area contributed by atoms with Gasteiger partial charge in [0.25, 0.3) is 0 Å². The molecule has 0 radical (unpaired) electrons. The van der Waals surface area contributed by atoms with Gasteiger partial charge >= 0.3 is 0 Å². The van der Waals surface area contributed by atoms with E-state index in [4.69, 9.17) is 0 Å². The molecule has 3 rings (SSSR count). The molecule has 3 heteroatoms. The molecule has 1 aliphatic rings. The van der Waals surface area contributed by atoms with E-state index in [1.54, 1.807) is 0 Å². The molecule has 0 atom stereocenters. The summed E-state index contributed by atoms with van der Waals surface area (Å²) in [6.45, 7) is 2.07. The zero-order chi connectivity index (χ0) is 13.2. The number of hydrogen-bond acceptors (Lipinski definition) is 2. The average molecular weight is 317 g/mol. The highest BCUT2D eigenvalue weighted by atomic mass is 79.9. The van der Waals surface area contributed by atoms with Crippen molar-refractivity contribution < 1.29 is 0 Å². The Morgan fingerprint density at radius 3 is 2.58 bits per heavy atom. The van der Waals surface area contributed by atoms with Crippen molar-refractivity contribution in [2.24, 2.45) is 0 Å². The topological polar surface area (TPSA) is 24.9 Å². The Balaban J connectivity index is 1.57. The standard InChI is InChI=1S/C16H17BrN2/c1-11-6-16(10-18-9-11)19-15-7-13(8-15)12-2-4-14(17)5-3-12/h2-6,9-10,13,15,19H,7-8H2,1H3. The molecule has 0 amide bonds. The molecule has 2 nitrogen and oxygen atoms in total. The summed E-state index contributed by atoms with van der Waals surface area (Å²) in [7, 11) is 0. The number of aryl methyl sites for hydroxylation is 1. The Labute approximate surface area is 122 Å². The fourth-order valence-corrected chi connectivity index (χ4v) is 2.88. The lowest BCUT2D eigenvalue weighted by Gasteiger charge is -2.37. The minimum atomic E-state index is 0.581. The molecule has 1 N–H and O–H groups in total. The highest BCUT2D eigenvalue weighted by molar-refractivity contribution is 9.10. The second-order valence-electron chi connectivity index (χ2n) is 5.31. The smallest absolute Gasteiger partial charge is 0.0531 e. The normalized spacial score (nSPS) is 21.8. The van der Waals surface area contributed by atoms with E-state index in [1.165, 1.54) is 24.0 Å². The van der Waals surface area contributed by atoms with Gasteiger partial charge in [0.05, 0.1) is 5.69 Å².